The van der Waals surface area contributed by atoms with Crippen molar-refractivity contribution >= 4 is 23.4 Å². The Labute approximate surface area is 104 Å². The van der Waals surface area contributed by atoms with Crippen molar-refractivity contribution in [2.75, 3.05) is 18.0 Å². The second-order valence-electron chi connectivity index (χ2n) is 3.97. The Morgan fingerprint density at radius 1 is 1.53 bits per heavy atom. The lowest BCUT2D eigenvalue weighted by molar-refractivity contribution is 0.197. The lowest BCUT2D eigenvalue weighted by Gasteiger charge is -2.32. The molecular weight excluding hydrogens is 242 g/mol. The zero-order valence-corrected chi connectivity index (χ0v) is 10.0. The van der Waals surface area contributed by atoms with Gasteiger partial charge in [-0.1, -0.05) is 11.6 Å². The van der Waals surface area contributed by atoms with Gasteiger partial charge >= 0.3 is 6.09 Å². The van der Waals surface area contributed by atoms with E-state index in [9.17, 15) is 9.90 Å². The minimum atomic E-state index is -0.945. The fraction of sp³-hybridized carbons (Fsp3) is 0.455. The van der Waals surface area contributed by atoms with Crippen LogP contribution >= 0.6 is 11.6 Å². The number of piperidine rings is 1. The van der Waals surface area contributed by atoms with Crippen molar-refractivity contribution < 1.29 is 9.90 Å². The summed E-state index contributed by atoms with van der Waals surface area (Å²) in [7, 11) is 0. The van der Waals surface area contributed by atoms with Gasteiger partial charge in [-0.25, -0.2) is 9.78 Å². The number of pyridine rings is 1. The van der Waals surface area contributed by atoms with Gasteiger partial charge in [0.1, 0.15) is 5.15 Å². The van der Waals surface area contributed by atoms with E-state index in [0.29, 0.717) is 10.8 Å². The highest BCUT2D eigenvalue weighted by Crippen LogP contribution is 2.23. The number of hydrogen-bond acceptors (Lipinski definition) is 3. The predicted molar refractivity (Wildman–Crippen MR) is 65.6 cm³/mol. The van der Waals surface area contributed by atoms with Gasteiger partial charge in [0.25, 0.3) is 0 Å². The average molecular weight is 256 g/mol. The van der Waals surface area contributed by atoms with E-state index in [2.05, 4.69) is 10.3 Å². The monoisotopic (exact) mass is 255 g/mol. The Morgan fingerprint density at radius 2 is 2.24 bits per heavy atom. The van der Waals surface area contributed by atoms with E-state index in [1.807, 2.05) is 0 Å². The molecule has 1 fully saturated rings. The van der Waals surface area contributed by atoms with Crippen LogP contribution in [0, 0.1) is 0 Å². The van der Waals surface area contributed by atoms with E-state index in [1.54, 1.807) is 12.1 Å². The molecule has 0 spiro atoms. The topological polar surface area (TPSA) is 65.5 Å². The zero-order chi connectivity index (χ0) is 12.3. The molecule has 1 aliphatic heterocycles. The molecule has 0 bridgehead atoms. The number of amides is 1. The molecule has 0 radical (unpaired) electrons. The highest BCUT2D eigenvalue weighted by atomic mass is 35.5. The third kappa shape index (κ3) is 2.87. The number of aromatic nitrogens is 1. The van der Waals surface area contributed by atoms with Gasteiger partial charge in [-0.15, -0.1) is 0 Å². The third-order valence-corrected chi connectivity index (χ3v) is 3.07. The molecule has 6 heteroatoms. The van der Waals surface area contributed by atoms with Crippen LogP contribution in [0.2, 0.25) is 5.15 Å². The molecule has 0 aliphatic carbocycles. The van der Waals surface area contributed by atoms with E-state index in [4.69, 9.17) is 11.6 Å². The van der Waals surface area contributed by atoms with Gasteiger partial charge in [0, 0.05) is 12.2 Å². The minimum absolute atomic E-state index is 0.00668. The van der Waals surface area contributed by atoms with Crippen molar-refractivity contribution in [1.29, 1.82) is 0 Å². The van der Waals surface area contributed by atoms with Crippen LogP contribution < -0.4 is 10.2 Å². The summed E-state index contributed by atoms with van der Waals surface area (Å²) in [6.07, 6.45) is 2.20. The van der Waals surface area contributed by atoms with E-state index < -0.39 is 6.09 Å². The standard InChI is InChI=1S/C11H14ClN3O2/c12-10-7-9(3-6-14-10)15(11(16)17)8-1-4-13-5-2-8/h3,6-8,13H,1-2,4-5H2,(H,16,17). The Balaban J connectivity index is 2.25. The largest absolute Gasteiger partial charge is 0.465 e. The summed E-state index contributed by atoms with van der Waals surface area (Å²) >= 11 is 5.79. The van der Waals surface area contributed by atoms with Crippen LogP contribution in [0.25, 0.3) is 0 Å². The van der Waals surface area contributed by atoms with Crippen LogP contribution in [0.15, 0.2) is 18.3 Å². The molecule has 92 valence electrons. The minimum Gasteiger partial charge on any atom is -0.465 e. The number of nitrogens with one attached hydrogen (secondary N) is 1. The highest BCUT2D eigenvalue weighted by molar-refractivity contribution is 6.29. The molecule has 2 N–H and O–H groups in total. The van der Waals surface area contributed by atoms with Gasteiger partial charge in [0.15, 0.2) is 0 Å². The van der Waals surface area contributed by atoms with Gasteiger partial charge in [-0.05, 0) is 38.1 Å². The first-order valence-electron chi connectivity index (χ1n) is 5.53. The summed E-state index contributed by atoms with van der Waals surface area (Å²) in [5, 5.41) is 12.8. The lowest BCUT2D eigenvalue weighted by Crippen LogP contribution is -2.45. The zero-order valence-electron chi connectivity index (χ0n) is 9.27. The molecule has 1 saturated heterocycles. The van der Waals surface area contributed by atoms with Crippen molar-refractivity contribution in [2.45, 2.75) is 18.9 Å². The highest BCUT2D eigenvalue weighted by Gasteiger charge is 2.26. The summed E-state index contributed by atoms with van der Waals surface area (Å²) in [6.45, 7) is 1.68. The first-order chi connectivity index (χ1) is 8.18. The van der Waals surface area contributed by atoms with Gasteiger partial charge < -0.3 is 10.4 Å². The van der Waals surface area contributed by atoms with Crippen molar-refractivity contribution in [3.63, 3.8) is 0 Å². The van der Waals surface area contributed by atoms with Gasteiger partial charge in [0.2, 0.25) is 0 Å². The van der Waals surface area contributed by atoms with Crippen molar-refractivity contribution in [3.8, 4) is 0 Å². The average Bonchev–Trinajstić information content (AvgIpc) is 2.30. The molecule has 1 aromatic heterocycles. The summed E-state index contributed by atoms with van der Waals surface area (Å²) in [4.78, 5) is 16.6. The fourth-order valence-corrected chi connectivity index (χ4v) is 2.25. The summed E-state index contributed by atoms with van der Waals surface area (Å²) in [6, 6.07) is 3.26. The smallest absolute Gasteiger partial charge is 0.412 e. The molecule has 5 nitrogen and oxygen atoms in total. The quantitative estimate of drug-likeness (QED) is 0.793. The molecule has 2 rings (SSSR count). The molecule has 0 aromatic carbocycles. The number of carboxylic acid groups (broad SMARTS) is 1. The molecule has 0 unspecified atom stereocenters. The maximum atomic E-state index is 11.4. The van der Waals surface area contributed by atoms with Crippen LogP contribution in [0.5, 0.6) is 0 Å². The van der Waals surface area contributed by atoms with Crippen molar-refractivity contribution in [1.82, 2.24) is 10.3 Å². The van der Waals surface area contributed by atoms with Gasteiger partial charge in [-0.3, -0.25) is 4.90 Å². The molecule has 1 aromatic rings. The molecule has 0 saturated carbocycles. The van der Waals surface area contributed by atoms with Crippen LogP contribution in [0.1, 0.15) is 12.8 Å². The van der Waals surface area contributed by atoms with E-state index in [0.717, 1.165) is 25.9 Å². The number of carbonyl (C=O) groups is 1. The lowest BCUT2D eigenvalue weighted by atomic mass is 10.0. The molecule has 0 atom stereocenters. The molecule has 1 amide bonds. The predicted octanol–water partition coefficient (Wildman–Crippen LogP) is 1.97. The summed E-state index contributed by atoms with van der Waals surface area (Å²) < 4.78 is 0. The number of hydrogen-bond donors (Lipinski definition) is 2. The number of anilines is 1. The SMILES string of the molecule is O=C(O)N(c1ccnc(Cl)c1)C1CCNCC1. The first-order valence-corrected chi connectivity index (χ1v) is 5.90. The Kier molecular flexibility index (Phi) is 3.81. The van der Waals surface area contributed by atoms with E-state index in [-0.39, 0.29) is 6.04 Å². The maximum Gasteiger partial charge on any atom is 0.412 e. The van der Waals surface area contributed by atoms with E-state index >= 15 is 0 Å². The second-order valence-corrected chi connectivity index (χ2v) is 4.36. The molecule has 1 aliphatic rings. The van der Waals surface area contributed by atoms with Crippen molar-refractivity contribution in [2.24, 2.45) is 0 Å². The fourth-order valence-electron chi connectivity index (χ4n) is 2.08. The van der Waals surface area contributed by atoms with Crippen LogP contribution in [0.3, 0.4) is 0 Å². The summed E-state index contributed by atoms with van der Waals surface area (Å²) in [5.41, 5.74) is 0.587. The molecular formula is C11H14ClN3O2. The van der Waals surface area contributed by atoms with Crippen LogP contribution in [-0.2, 0) is 0 Å². The molecule has 2 heterocycles. The first kappa shape index (κ1) is 12.1. The second kappa shape index (κ2) is 5.33. The third-order valence-electron chi connectivity index (χ3n) is 2.87. The number of halogens is 1. The van der Waals surface area contributed by atoms with Crippen LogP contribution in [-0.4, -0.2) is 35.3 Å². The Morgan fingerprint density at radius 3 is 2.82 bits per heavy atom. The normalized spacial score (nSPS) is 16.8. The van der Waals surface area contributed by atoms with Gasteiger partial charge in [-0.2, -0.15) is 0 Å². The Bertz CT molecular complexity index is 407. The Hall–Kier alpha value is -1.33. The van der Waals surface area contributed by atoms with Gasteiger partial charge in [0.05, 0.1) is 5.69 Å². The summed E-state index contributed by atoms with van der Waals surface area (Å²) in [5.74, 6) is 0. The maximum absolute atomic E-state index is 11.4. The van der Waals surface area contributed by atoms with Crippen LogP contribution in [0.4, 0.5) is 10.5 Å². The molecule has 17 heavy (non-hydrogen) atoms. The van der Waals surface area contributed by atoms with E-state index in [1.165, 1.54) is 11.1 Å². The number of rotatable bonds is 2. The van der Waals surface area contributed by atoms with Crippen molar-refractivity contribution in [3.05, 3.63) is 23.5 Å². The number of nitrogens with zero attached hydrogens (tertiary/aromatic N) is 2.